The van der Waals surface area contributed by atoms with E-state index in [-0.39, 0.29) is 18.7 Å². The molecular weight excluding hydrogens is 192 g/mol. The summed E-state index contributed by atoms with van der Waals surface area (Å²) < 4.78 is 0. The highest BCUT2D eigenvalue weighted by Crippen LogP contribution is 2.23. The molecule has 0 bridgehead atoms. The van der Waals surface area contributed by atoms with E-state index in [1.54, 1.807) is 4.90 Å². The van der Waals surface area contributed by atoms with Gasteiger partial charge < -0.3 is 15.3 Å². The lowest BCUT2D eigenvalue weighted by molar-refractivity contribution is 0.151. The van der Waals surface area contributed by atoms with Gasteiger partial charge in [-0.15, -0.1) is 0 Å². The maximum absolute atomic E-state index is 11.8. The molecule has 88 valence electrons. The Morgan fingerprint density at radius 2 is 2.07 bits per heavy atom. The first-order valence-corrected chi connectivity index (χ1v) is 5.83. The van der Waals surface area contributed by atoms with Crippen molar-refractivity contribution in [3.05, 3.63) is 0 Å². The normalized spacial score (nSPS) is 17.1. The molecule has 0 unspecified atom stereocenters. The highest BCUT2D eigenvalue weighted by Gasteiger charge is 2.26. The van der Waals surface area contributed by atoms with E-state index in [2.05, 4.69) is 5.32 Å². The predicted molar refractivity (Wildman–Crippen MR) is 59.7 cm³/mol. The molecule has 0 heterocycles. The molecule has 15 heavy (non-hydrogen) atoms. The van der Waals surface area contributed by atoms with Gasteiger partial charge >= 0.3 is 6.03 Å². The lowest BCUT2D eigenvalue weighted by atomic mass is 10.2. The first kappa shape index (κ1) is 12.3. The van der Waals surface area contributed by atoms with E-state index in [1.165, 1.54) is 12.8 Å². The summed E-state index contributed by atoms with van der Waals surface area (Å²) in [4.78, 5) is 13.6. The molecule has 0 aromatic carbocycles. The van der Waals surface area contributed by atoms with Crippen molar-refractivity contribution >= 4 is 6.03 Å². The Kier molecular flexibility index (Phi) is 4.88. The van der Waals surface area contributed by atoms with Gasteiger partial charge in [0.1, 0.15) is 0 Å². The minimum Gasteiger partial charge on any atom is -0.395 e. The average Bonchev–Trinajstić information content (AvgIpc) is 2.65. The molecule has 1 saturated carbocycles. The van der Waals surface area contributed by atoms with Crippen LogP contribution in [-0.2, 0) is 0 Å². The Bertz CT molecular complexity index is 201. The van der Waals surface area contributed by atoms with E-state index < -0.39 is 0 Å². The molecule has 1 aliphatic carbocycles. The van der Waals surface area contributed by atoms with Gasteiger partial charge in [-0.05, 0) is 26.7 Å². The van der Waals surface area contributed by atoms with E-state index >= 15 is 0 Å². The smallest absolute Gasteiger partial charge is 0.317 e. The van der Waals surface area contributed by atoms with Crippen LogP contribution in [0.4, 0.5) is 4.79 Å². The summed E-state index contributed by atoms with van der Waals surface area (Å²) in [6, 6.07) is 0.446. The second-order valence-electron chi connectivity index (χ2n) is 4.46. The molecule has 1 aliphatic rings. The monoisotopic (exact) mass is 214 g/mol. The Hall–Kier alpha value is -0.770. The number of carbonyl (C=O) groups is 1. The van der Waals surface area contributed by atoms with Gasteiger partial charge in [-0.25, -0.2) is 4.79 Å². The van der Waals surface area contributed by atoms with Crippen molar-refractivity contribution in [2.24, 2.45) is 0 Å². The molecule has 0 radical (unpaired) electrons. The van der Waals surface area contributed by atoms with Crippen LogP contribution >= 0.6 is 0 Å². The fraction of sp³-hybridized carbons (Fsp3) is 0.909. The number of nitrogens with zero attached hydrogens (tertiary/aromatic N) is 1. The molecule has 0 aliphatic heterocycles. The van der Waals surface area contributed by atoms with E-state index in [9.17, 15) is 4.79 Å². The van der Waals surface area contributed by atoms with Gasteiger partial charge in [-0.3, -0.25) is 0 Å². The fourth-order valence-corrected chi connectivity index (χ4v) is 2.10. The average molecular weight is 214 g/mol. The van der Waals surface area contributed by atoms with Crippen LogP contribution < -0.4 is 5.32 Å². The number of nitrogens with one attached hydrogen (secondary N) is 1. The lowest BCUT2D eigenvalue weighted by Crippen LogP contribution is -2.48. The zero-order valence-electron chi connectivity index (χ0n) is 9.70. The number of urea groups is 1. The third kappa shape index (κ3) is 3.70. The summed E-state index contributed by atoms with van der Waals surface area (Å²) in [5, 5.41) is 11.8. The van der Waals surface area contributed by atoms with Gasteiger partial charge in [0.05, 0.1) is 6.61 Å². The van der Waals surface area contributed by atoms with E-state index in [0.29, 0.717) is 12.6 Å². The van der Waals surface area contributed by atoms with Gasteiger partial charge in [0.15, 0.2) is 0 Å². The van der Waals surface area contributed by atoms with Crippen LogP contribution in [0, 0.1) is 0 Å². The fourth-order valence-electron chi connectivity index (χ4n) is 2.10. The first-order valence-electron chi connectivity index (χ1n) is 5.83. The minimum absolute atomic E-state index is 0.0362. The highest BCUT2D eigenvalue weighted by atomic mass is 16.3. The second-order valence-corrected chi connectivity index (χ2v) is 4.46. The molecule has 4 nitrogen and oxygen atoms in total. The predicted octanol–water partition coefficient (Wildman–Crippen LogP) is 1.34. The number of amides is 2. The van der Waals surface area contributed by atoms with Crippen molar-refractivity contribution in [3.63, 3.8) is 0 Å². The molecular formula is C11H22N2O2. The van der Waals surface area contributed by atoms with Gasteiger partial charge in [0.2, 0.25) is 0 Å². The molecule has 0 aromatic heterocycles. The molecule has 2 amide bonds. The molecule has 0 atom stereocenters. The van der Waals surface area contributed by atoms with Crippen LogP contribution in [0.3, 0.4) is 0 Å². The van der Waals surface area contributed by atoms with Crippen molar-refractivity contribution in [2.45, 2.75) is 51.6 Å². The van der Waals surface area contributed by atoms with Gasteiger partial charge in [0, 0.05) is 18.6 Å². The van der Waals surface area contributed by atoms with Crippen molar-refractivity contribution in [1.29, 1.82) is 0 Å². The number of hydrogen-bond acceptors (Lipinski definition) is 2. The molecule has 1 rings (SSSR count). The van der Waals surface area contributed by atoms with E-state index in [1.807, 2.05) is 13.8 Å². The van der Waals surface area contributed by atoms with Gasteiger partial charge in [-0.2, -0.15) is 0 Å². The Balaban J connectivity index is 2.51. The Labute approximate surface area is 91.6 Å². The molecule has 0 saturated heterocycles. The van der Waals surface area contributed by atoms with Crippen LogP contribution in [0.15, 0.2) is 0 Å². The summed E-state index contributed by atoms with van der Waals surface area (Å²) >= 11 is 0. The number of rotatable bonds is 4. The topological polar surface area (TPSA) is 52.6 Å². The second kappa shape index (κ2) is 5.95. The highest BCUT2D eigenvalue weighted by molar-refractivity contribution is 5.74. The summed E-state index contributed by atoms with van der Waals surface area (Å²) in [5.41, 5.74) is 0. The molecule has 0 aromatic rings. The number of aliphatic hydroxyl groups is 1. The number of hydrogen-bond donors (Lipinski definition) is 2. The first-order chi connectivity index (χ1) is 7.15. The third-order valence-corrected chi connectivity index (χ3v) is 2.78. The molecule has 0 spiro atoms. The number of aliphatic hydroxyl groups excluding tert-OH is 1. The largest absolute Gasteiger partial charge is 0.395 e. The molecule has 2 N–H and O–H groups in total. The third-order valence-electron chi connectivity index (χ3n) is 2.78. The minimum atomic E-state index is -0.0362. The lowest BCUT2D eigenvalue weighted by Gasteiger charge is -2.29. The van der Waals surface area contributed by atoms with Crippen LogP contribution in [0.1, 0.15) is 39.5 Å². The Morgan fingerprint density at radius 3 is 2.53 bits per heavy atom. The van der Waals surface area contributed by atoms with Crippen molar-refractivity contribution < 1.29 is 9.90 Å². The van der Waals surface area contributed by atoms with Gasteiger partial charge in [-0.1, -0.05) is 12.8 Å². The molecule has 4 heteroatoms. The Morgan fingerprint density at radius 1 is 1.47 bits per heavy atom. The van der Waals surface area contributed by atoms with Crippen molar-refractivity contribution in [2.75, 3.05) is 13.2 Å². The van der Waals surface area contributed by atoms with E-state index in [0.717, 1.165) is 12.8 Å². The standard InChI is InChI=1S/C11H22N2O2/c1-9(2)12-11(15)13(7-8-14)10-5-3-4-6-10/h9-10,14H,3-8H2,1-2H3,(H,12,15). The quantitative estimate of drug-likeness (QED) is 0.742. The van der Waals surface area contributed by atoms with Crippen LogP contribution in [0.5, 0.6) is 0 Å². The number of carbonyl (C=O) groups excluding carboxylic acids is 1. The maximum Gasteiger partial charge on any atom is 0.317 e. The van der Waals surface area contributed by atoms with Crippen molar-refractivity contribution in [1.82, 2.24) is 10.2 Å². The molecule has 1 fully saturated rings. The summed E-state index contributed by atoms with van der Waals surface area (Å²) in [6.07, 6.45) is 4.54. The van der Waals surface area contributed by atoms with Crippen LogP contribution in [0.2, 0.25) is 0 Å². The van der Waals surface area contributed by atoms with E-state index in [4.69, 9.17) is 5.11 Å². The zero-order chi connectivity index (χ0) is 11.3. The van der Waals surface area contributed by atoms with Crippen LogP contribution in [-0.4, -0.2) is 41.3 Å². The van der Waals surface area contributed by atoms with Gasteiger partial charge in [0.25, 0.3) is 0 Å². The summed E-state index contributed by atoms with van der Waals surface area (Å²) in [7, 11) is 0. The summed E-state index contributed by atoms with van der Waals surface area (Å²) in [5.74, 6) is 0. The van der Waals surface area contributed by atoms with Crippen molar-refractivity contribution in [3.8, 4) is 0 Å². The maximum atomic E-state index is 11.8. The summed E-state index contributed by atoms with van der Waals surface area (Å²) in [6.45, 7) is 4.39. The zero-order valence-corrected chi connectivity index (χ0v) is 9.70. The van der Waals surface area contributed by atoms with Crippen LogP contribution in [0.25, 0.3) is 0 Å². The SMILES string of the molecule is CC(C)NC(=O)N(CCO)C1CCCC1.